The van der Waals surface area contributed by atoms with Gasteiger partial charge in [0.15, 0.2) is 0 Å². The molecular weight excluding hydrogens is 494 g/mol. The molecule has 0 saturated heterocycles. The van der Waals surface area contributed by atoms with Gasteiger partial charge in [0.05, 0.1) is 0 Å². The third-order valence-electron chi connectivity index (χ3n) is 6.99. The Morgan fingerprint density at radius 3 is 1.59 bits per heavy atom. The first kappa shape index (κ1) is 43.6. The smallest absolute Gasteiger partial charge is 0.00361 e. The fraction of sp³-hybridized carbons (Fsp3) is 0.650. The van der Waals surface area contributed by atoms with Crippen molar-refractivity contribution < 1.29 is 0 Å². The number of benzene rings is 2. The molecule has 0 aliphatic rings. The molecular formula is C40H73N. The van der Waals surface area contributed by atoms with Crippen LogP contribution < -0.4 is 5.73 Å². The zero-order valence-corrected chi connectivity index (χ0v) is 29.9. The molecule has 0 heterocycles. The van der Waals surface area contributed by atoms with Gasteiger partial charge in [-0.15, -0.1) is 0 Å². The summed E-state index contributed by atoms with van der Waals surface area (Å²) in [6.45, 7) is 26.4. The third-order valence-corrected chi connectivity index (χ3v) is 6.99. The molecule has 0 spiro atoms. The molecule has 41 heavy (non-hydrogen) atoms. The van der Waals surface area contributed by atoms with Gasteiger partial charge >= 0.3 is 0 Å². The molecule has 2 aromatic carbocycles. The highest BCUT2D eigenvalue weighted by molar-refractivity contribution is 5.81. The summed E-state index contributed by atoms with van der Waals surface area (Å²) in [5, 5.41) is 0. The van der Waals surface area contributed by atoms with Crippen molar-refractivity contribution in [1.82, 2.24) is 0 Å². The van der Waals surface area contributed by atoms with Crippen LogP contribution in [0.1, 0.15) is 169 Å². The summed E-state index contributed by atoms with van der Waals surface area (Å²) in [6.07, 6.45) is 18.0. The maximum Gasteiger partial charge on any atom is 0.00361 e. The average molecular weight is 568 g/mol. The Labute approximate surface area is 259 Å². The van der Waals surface area contributed by atoms with Crippen LogP contribution in [0.3, 0.4) is 0 Å². The molecule has 2 rings (SSSR count). The molecule has 0 aliphatic carbocycles. The Bertz CT molecular complexity index is 809. The average Bonchev–Trinajstić information content (AvgIpc) is 2.96. The number of rotatable bonds is 12. The molecule has 2 aromatic rings. The molecule has 0 amide bonds. The van der Waals surface area contributed by atoms with E-state index in [-0.39, 0.29) is 0 Å². The van der Waals surface area contributed by atoms with Gasteiger partial charge in [-0.2, -0.15) is 0 Å². The zero-order chi connectivity index (χ0) is 31.9. The number of unbranched alkanes of at least 4 members (excludes halogenated alkanes) is 3. The lowest BCUT2D eigenvalue weighted by Crippen LogP contribution is -2.17. The number of nitrogens with two attached hydrogens (primary N) is 1. The molecule has 1 nitrogen and oxygen atoms in total. The summed E-state index contributed by atoms with van der Waals surface area (Å²) < 4.78 is 0. The topological polar surface area (TPSA) is 26.0 Å². The van der Waals surface area contributed by atoms with Gasteiger partial charge in [0.2, 0.25) is 0 Å². The zero-order valence-electron chi connectivity index (χ0n) is 29.9. The SMILES string of the molecule is C/C(=C\c1ccccc1C)c1cccc(C)c1.CCCC.CCCC(C)CCC.CCCC(N)CC.CCCCC. The monoisotopic (exact) mass is 568 g/mol. The lowest BCUT2D eigenvalue weighted by atomic mass is 10.0. The fourth-order valence-corrected chi connectivity index (χ4v) is 4.01. The second-order valence-corrected chi connectivity index (χ2v) is 11.5. The molecule has 0 bridgehead atoms. The van der Waals surface area contributed by atoms with Gasteiger partial charge in [0.25, 0.3) is 0 Å². The maximum absolute atomic E-state index is 5.58. The molecule has 238 valence electrons. The first-order chi connectivity index (χ1) is 19.6. The van der Waals surface area contributed by atoms with Crippen molar-refractivity contribution in [1.29, 1.82) is 0 Å². The van der Waals surface area contributed by atoms with Crippen molar-refractivity contribution in [2.45, 2.75) is 166 Å². The predicted molar refractivity (Wildman–Crippen MR) is 194 cm³/mol. The Morgan fingerprint density at radius 1 is 0.683 bits per heavy atom. The molecule has 0 aliphatic heterocycles. The third kappa shape index (κ3) is 29.4. The van der Waals surface area contributed by atoms with Crippen molar-refractivity contribution in [2.24, 2.45) is 11.7 Å². The minimum Gasteiger partial charge on any atom is -0.328 e. The second-order valence-electron chi connectivity index (χ2n) is 11.5. The molecule has 1 heteroatoms. The van der Waals surface area contributed by atoms with Crippen LogP contribution in [0.5, 0.6) is 0 Å². The van der Waals surface area contributed by atoms with Crippen molar-refractivity contribution in [3.8, 4) is 0 Å². The van der Waals surface area contributed by atoms with Crippen LogP contribution in [0.15, 0.2) is 48.5 Å². The fourth-order valence-electron chi connectivity index (χ4n) is 4.01. The van der Waals surface area contributed by atoms with E-state index in [2.05, 4.69) is 138 Å². The quantitative estimate of drug-likeness (QED) is 0.254. The number of hydrogen-bond donors (Lipinski definition) is 1. The van der Waals surface area contributed by atoms with E-state index in [0.29, 0.717) is 6.04 Å². The minimum atomic E-state index is 0.449. The van der Waals surface area contributed by atoms with Gasteiger partial charge in [-0.25, -0.2) is 0 Å². The Kier molecular flexibility index (Phi) is 34.7. The van der Waals surface area contributed by atoms with Crippen molar-refractivity contribution in [3.05, 3.63) is 70.8 Å². The van der Waals surface area contributed by atoms with Gasteiger partial charge in [-0.05, 0) is 61.8 Å². The van der Waals surface area contributed by atoms with Gasteiger partial charge in [0, 0.05) is 6.04 Å². The van der Waals surface area contributed by atoms with Crippen LogP contribution in [0.4, 0.5) is 0 Å². The Hall–Kier alpha value is -1.86. The lowest BCUT2D eigenvalue weighted by Gasteiger charge is -2.05. The molecule has 1 unspecified atom stereocenters. The normalized spacial score (nSPS) is 11.0. The molecule has 2 N–H and O–H groups in total. The Balaban J connectivity index is -0.000000506. The lowest BCUT2D eigenvalue weighted by molar-refractivity contribution is 0.480. The molecule has 1 atom stereocenters. The standard InChI is InChI=1S/C17H18.C8H18.C6H15N.C5H12.C4H10/c1-13-7-6-10-16(11-13)15(3)12-17-9-5-4-8-14(17)2;1-4-6-8(3)7-5-2;1-3-5-6(7)4-2;1-3-5-4-2;1-3-4-2/h4-12H,1-3H3;8H,4-7H2,1-3H3;6H,3-5,7H2,1-2H3;3-5H2,1-2H3;3-4H2,1-2H3/b15-12+;;;;. The van der Waals surface area contributed by atoms with E-state index in [4.69, 9.17) is 5.73 Å². The summed E-state index contributed by atoms with van der Waals surface area (Å²) in [4.78, 5) is 0. The second kappa shape index (κ2) is 32.7. The first-order valence-corrected chi connectivity index (χ1v) is 17.2. The van der Waals surface area contributed by atoms with Crippen molar-refractivity contribution in [2.75, 3.05) is 0 Å². The number of aryl methyl sites for hydroxylation is 2. The van der Waals surface area contributed by atoms with Crippen LogP contribution in [0.25, 0.3) is 11.6 Å². The molecule has 0 aromatic heterocycles. The van der Waals surface area contributed by atoms with E-state index in [1.165, 1.54) is 98.5 Å². The van der Waals surface area contributed by atoms with E-state index in [1.807, 2.05) is 0 Å². The van der Waals surface area contributed by atoms with Crippen LogP contribution in [-0.4, -0.2) is 6.04 Å². The molecule has 0 fully saturated rings. The van der Waals surface area contributed by atoms with Gasteiger partial charge in [-0.3, -0.25) is 0 Å². The van der Waals surface area contributed by atoms with E-state index in [1.54, 1.807) is 0 Å². The summed E-state index contributed by atoms with van der Waals surface area (Å²) >= 11 is 0. The number of allylic oxidation sites excluding steroid dienone is 1. The summed E-state index contributed by atoms with van der Waals surface area (Å²) in [6, 6.07) is 17.6. The maximum atomic E-state index is 5.58. The highest BCUT2D eigenvalue weighted by Crippen LogP contribution is 2.20. The number of hydrogen-bond acceptors (Lipinski definition) is 1. The van der Waals surface area contributed by atoms with Crippen LogP contribution in [-0.2, 0) is 0 Å². The minimum absolute atomic E-state index is 0.449. The van der Waals surface area contributed by atoms with Gasteiger partial charge < -0.3 is 5.73 Å². The summed E-state index contributed by atoms with van der Waals surface area (Å²) in [7, 11) is 0. The van der Waals surface area contributed by atoms with Crippen LogP contribution >= 0.6 is 0 Å². The molecule has 0 radical (unpaired) electrons. The van der Waals surface area contributed by atoms with Crippen LogP contribution in [0.2, 0.25) is 0 Å². The summed E-state index contributed by atoms with van der Waals surface area (Å²) in [5.74, 6) is 0.963. The predicted octanol–water partition coefficient (Wildman–Crippen LogP) is 13.6. The van der Waals surface area contributed by atoms with Gasteiger partial charge in [0.1, 0.15) is 0 Å². The van der Waals surface area contributed by atoms with Crippen LogP contribution in [0, 0.1) is 19.8 Å². The first-order valence-electron chi connectivity index (χ1n) is 17.2. The highest BCUT2D eigenvalue weighted by atomic mass is 14.6. The Morgan fingerprint density at radius 2 is 1.22 bits per heavy atom. The van der Waals surface area contributed by atoms with Gasteiger partial charge in [-0.1, -0.05) is 187 Å². The van der Waals surface area contributed by atoms with Crippen molar-refractivity contribution in [3.63, 3.8) is 0 Å². The highest BCUT2D eigenvalue weighted by Gasteiger charge is 1.98. The van der Waals surface area contributed by atoms with E-state index in [0.717, 1.165) is 12.3 Å². The van der Waals surface area contributed by atoms with Crippen molar-refractivity contribution >= 4 is 11.6 Å². The van der Waals surface area contributed by atoms with E-state index >= 15 is 0 Å². The summed E-state index contributed by atoms with van der Waals surface area (Å²) in [5.41, 5.74) is 12.1. The largest absolute Gasteiger partial charge is 0.328 e. The van der Waals surface area contributed by atoms with E-state index in [9.17, 15) is 0 Å². The molecule has 0 saturated carbocycles. The van der Waals surface area contributed by atoms with E-state index < -0.39 is 0 Å².